The van der Waals surface area contributed by atoms with E-state index >= 15 is 0 Å². The number of carbonyl (C=O) groups is 1. The molecule has 0 spiro atoms. The predicted molar refractivity (Wildman–Crippen MR) is 155 cm³/mol. The molecule has 10 heteroatoms. The first-order valence-corrected chi connectivity index (χ1v) is 16.7. The SMILES string of the molecule is CC[C@H]1O[C@@H](n2cnc3c(N(Cc4ccccc4)C(=O)OC(C)(C)C)ncnc32)CC1O[Si](C)(C)C(C)(C)C. The van der Waals surface area contributed by atoms with Gasteiger partial charge in [0.25, 0.3) is 0 Å². The van der Waals surface area contributed by atoms with E-state index in [1.165, 1.54) is 11.2 Å². The van der Waals surface area contributed by atoms with Gasteiger partial charge in [-0.3, -0.25) is 9.47 Å². The Balaban J connectivity index is 1.67. The van der Waals surface area contributed by atoms with Crippen LogP contribution in [0, 0.1) is 0 Å². The van der Waals surface area contributed by atoms with Crippen molar-refractivity contribution in [3.05, 3.63) is 48.5 Å². The summed E-state index contributed by atoms with van der Waals surface area (Å²) < 4.78 is 21.0. The lowest BCUT2D eigenvalue weighted by Gasteiger charge is -2.39. The van der Waals surface area contributed by atoms with Crippen LogP contribution in [0.15, 0.2) is 43.0 Å². The van der Waals surface area contributed by atoms with Crippen molar-refractivity contribution in [2.45, 2.75) is 110 Å². The van der Waals surface area contributed by atoms with E-state index in [1.807, 2.05) is 55.7 Å². The Bertz CT molecular complexity index is 1280. The molecule has 0 radical (unpaired) electrons. The maximum Gasteiger partial charge on any atom is 0.416 e. The number of anilines is 1. The molecule has 39 heavy (non-hydrogen) atoms. The molecule has 3 heterocycles. The van der Waals surface area contributed by atoms with Gasteiger partial charge in [0, 0.05) is 6.42 Å². The average molecular weight is 554 g/mol. The largest absolute Gasteiger partial charge is 0.443 e. The van der Waals surface area contributed by atoms with E-state index in [1.54, 1.807) is 6.33 Å². The minimum Gasteiger partial charge on any atom is -0.443 e. The minimum absolute atomic E-state index is 0.00371. The Labute approximate surface area is 233 Å². The number of ether oxygens (including phenoxy) is 2. The van der Waals surface area contributed by atoms with Crippen LogP contribution in [-0.4, -0.2) is 51.7 Å². The molecule has 1 fully saturated rings. The molecular formula is C29H43N5O4Si. The molecule has 1 saturated heterocycles. The van der Waals surface area contributed by atoms with Crippen LogP contribution in [0.25, 0.3) is 11.2 Å². The van der Waals surface area contributed by atoms with Gasteiger partial charge in [-0.2, -0.15) is 0 Å². The molecular weight excluding hydrogens is 510 g/mol. The second kappa shape index (κ2) is 11.0. The van der Waals surface area contributed by atoms with E-state index < -0.39 is 20.0 Å². The van der Waals surface area contributed by atoms with E-state index in [9.17, 15) is 4.79 Å². The van der Waals surface area contributed by atoms with Gasteiger partial charge in [-0.1, -0.05) is 58.0 Å². The number of amides is 1. The minimum atomic E-state index is -1.98. The first-order chi connectivity index (χ1) is 18.2. The number of nitrogens with zero attached hydrogens (tertiary/aromatic N) is 5. The van der Waals surface area contributed by atoms with Crippen molar-refractivity contribution in [1.29, 1.82) is 0 Å². The lowest BCUT2D eigenvalue weighted by Crippen LogP contribution is -2.45. The maximum atomic E-state index is 13.4. The van der Waals surface area contributed by atoms with E-state index in [2.05, 4.69) is 55.7 Å². The molecule has 0 N–H and O–H groups in total. The Morgan fingerprint density at radius 1 is 1.10 bits per heavy atom. The quantitative estimate of drug-likeness (QED) is 0.295. The molecule has 1 aromatic carbocycles. The highest BCUT2D eigenvalue weighted by Crippen LogP contribution is 2.42. The molecule has 3 aromatic rings. The van der Waals surface area contributed by atoms with E-state index in [-0.39, 0.29) is 30.0 Å². The zero-order valence-electron chi connectivity index (χ0n) is 24.8. The van der Waals surface area contributed by atoms with Gasteiger partial charge in [-0.15, -0.1) is 0 Å². The number of aromatic nitrogens is 4. The molecule has 2 aromatic heterocycles. The third-order valence-electron chi connectivity index (χ3n) is 7.54. The average Bonchev–Trinajstić information content (AvgIpc) is 3.44. The predicted octanol–water partition coefficient (Wildman–Crippen LogP) is 6.86. The number of rotatable bonds is 7. The molecule has 3 atom stereocenters. The second-order valence-corrected chi connectivity index (χ2v) is 17.5. The number of hydrogen-bond donors (Lipinski definition) is 0. The van der Waals surface area contributed by atoms with Crippen molar-refractivity contribution in [1.82, 2.24) is 19.5 Å². The van der Waals surface area contributed by atoms with Crippen LogP contribution in [0.3, 0.4) is 0 Å². The highest BCUT2D eigenvalue weighted by atomic mass is 28.4. The van der Waals surface area contributed by atoms with Gasteiger partial charge >= 0.3 is 6.09 Å². The summed E-state index contributed by atoms with van der Waals surface area (Å²) in [5.74, 6) is 0.399. The van der Waals surface area contributed by atoms with Gasteiger partial charge in [0.2, 0.25) is 0 Å². The van der Waals surface area contributed by atoms with Gasteiger partial charge in [0.15, 0.2) is 25.3 Å². The number of imidazole rings is 1. The number of fused-ring (bicyclic) bond motifs is 1. The zero-order valence-corrected chi connectivity index (χ0v) is 25.8. The van der Waals surface area contributed by atoms with Crippen LogP contribution < -0.4 is 4.90 Å². The van der Waals surface area contributed by atoms with Crippen LogP contribution in [0.5, 0.6) is 0 Å². The van der Waals surface area contributed by atoms with Crippen molar-refractivity contribution in [2.75, 3.05) is 4.90 Å². The van der Waals surface area contributed by atoms with Gasteiger partial charge < -0.3 is 13.9 Å². The van der Waals surface area contributed by atoms with Gasteiger partial charge in [-0.05, 0) is 50.9 Å². The zero-order chi connectivity index (χ0) is 28.6. The monoisotopic (exact) mass is 553 g/mol. The number of benzene rings is 1. The molecule has 1 aliphatic heterocycles. The summed E-state index contributed by atoms with van der Waals surface area (Å²) in [6, 6.07) is 9.76. The van der Waals surface area contributed by atoms with E-state index in [0.29, 0.717) is 23.4 Å². The summed E-state index contributed by atoms with van der Waals surface area (Å²) in [5, 5.41) is 0.108. The fourth-order valence-electron chi connectivity index (χ4n) is 4.47. The van der Waals surface area contributed by atoms with Crippen LogP contribution in [0.2, 0.25) is 18.1 Å². The van der Waals surface area contributed by atoms with E-state index in [0.717, 1.165) is 12.0 Å². The third kappa shape index (κ3) is 6.50. The summed E-state index contributed by atoms with van der Waals surface area (Å²) in [7, 11) is -1.98. The normalized spacial score (nSPS) is 20.4. The first-order valence-electron chi connectivity index (χ1n) is 13.8. The molecule has 0 saturated carbocycles. The summed E-state index contributed by atoms with van der Waals surface area (Å²) in [6.45, 7) is 19.3. The summed E-state index contributed by atoms with van der Waals surface area (Å²) >= 11 is 0. The number of carbonyl (C=O) groups excluding carboxylic acids is 1. The summed E-state index contributed by atoms with van der Waals surface area (Å²) in [5.41, 5.74) is 1.41. The summed E-state index contributed by atoms with van der Waals surface area (Å²) in [6.07, 6.45) is 3.96. The second-order valence-electron chi connectivity index (χ2n) is 12.8. The Morgan fingerprint density at radius 3 is 2.41 bits per heavy atom. The lowest BCUT2D eigenvalue weighted by atomic mass is 10.1. The van der Waals surface area contributed by atoms with Crippen molar-refractivity contribution < 1.29 is 18.7 Å². The molecule has 0 bridgehead atoms. The van der Waals surface area contributed by atoms with Gasteiger partial charge in [0.1, 0.15) is 18.2 Å². The molecule has 1 aliphatic rings. The fraction of sp³-hybridized carbons (Fsp3) is 0.586. The third-order valence-corrected chi connectivity index (χ3v) is 12.0. The molecule has 1 amide bonds. The summed E-state index contributed by atoms with van der Waals surface area (Å²) in [4.78, 5) is 28.6. The molecule has 0 aliphatic carbocycles. The van der Waals surface area contributed by atoms with E-state index in [4.69, 9.17) is 13.9 Å². The standard InChI is InChI=1S/C29H43N5O4Si/c1-10-21-22(38-39(8,9)29(5,6)7)16-23(36-21)34-19-32-24-25(30-18-31-26(24)34)33(27(35)37-28(2,3)4)17-20-14-12-11-13-15-20/h11-15,18-19,21-23H,10,16-17H2,1-9H3/t21-,22?,23-/m1/s1. The molecule has 4 rings (SSSR count). The van der Waals surface area contributed by atoms with Crippen LogP contribution in [-0.2, 0) is 20.4 Å². The highest BCUT2D eigenvalue weighted by molar-refractivity contribution is 6.74. The van der Waals surface area contributed by atoms with Crippen LogP contribution >= 0.6 is 0 Å². The van der Waals surface area contributed by atoms with Crippen molar-refractivity contribution in [2.24, 2.45) is 0 Å². The van der Waals surface area contributed by atoms with Crippen molar-refractivity contribution in [3.63, 3.8) is 0 Å². The molecule has 9 nitrogen and oxygen atoms in total. The Morgan fingerprint density at radius 2 is 1.79 bits per heavy atom. The number of hydrogen-bond acceptors (Lipinski definition) is 7. The van der Waals surface area contributed by atoms with Gasteiger partial charge in [-0.25, -0.2) is 19.7 Å². The molecule has 1 unspecified atom stereocenters. The molecule has 212 valence electrons. The Kier molecular flexibility index (Phi) is 8.21. The lowest BCUT2D eigenvalue weighted by molar-refractivity contribution is -0.0162. The topological polar surface area (TPSA) is 91.6 Å². The first kappa shape index (κ1) is 29.2. The van der Waals surface area contributed by atoms with Gasteiger partial charge in [0.05, 0.1) is 25.1 Å². The van der Waals surface area contributed by atoms with Crippen LogP contribution in [0.1, 0.15) is 73.1 Å². The van der Waals surface area contributed by atoms with Crippen molar-refractivity contribution >= 4 is 31.4 Å². The Hall–Kier alpha value is -2.82. The smallest absolute Gasteiger partial charge is 0.416 e. The van der Waals surface area contributed by atoms with Crippen LogP contribution in [0.4, 0.5) is 10.6 Å². The maximum absolute atomic E-state index is 13.4. The highest BCUT2D eigenvalue weighted by Gasteiger charge is 2.45. The fourth-order valence-corrected chi connectivity index (χ4v) is 5.83. The van der Waals surface area contributed by atoms with Crippen molar-refractivity contribution in [3.8, 4) is 0 Å².